The molecule has 1 aliphatic heterocycles. The van der Waals surface area contributed by atoms with E-state index in [-0.39, 0.29) is 24.0 Å². The number of hydrogen-bond acceptors (Lipinski definition) is 2. The fraction of sp³-hybridized carbons (Fsp3) is 0.429. The number of carbonyl (C=O) groups is 2. The first kappa shape index (κ1) is 14.8. The zero-order valence-electron chi connectivity index (χ0n) is 11.4. The van der Waals surface area contributed by atoms with Gasteiger partial charge in [0.15, 0.2) is 0 Å². The fourth-order valence-corrected chi connectivity index (χ4v) is 2.62. The summed E-state index contributed by atoms with van der Waals surface area (Å²) in [6.07, 6.45) is 0.902. The monoisotopic (exact) mass is 298 g/mol. The average molecular weight is 299 g/mol. The molecule has 1 fully saturated rings. The van der Waals surface area contributed by atoms with E-state index in [0.717, 1.165) is 0 Å². The smallest absolute Gasteiger partial charge is 0.253 e. The van der Waals surface area contributed by atoms with Gasteiger partial charge in [0.1, 0.15) is 17.9 Å². The highest BCUT2D eigenvalue weighted by Gasteiger charge is 2.45. The van der Waals surface area contributed by atoms with Gasteiger partial charge in [-0.25, -0.2) is 4.39 Å². The van der Waals surface area contributed by atoms with Gasteiger partial charge in [-0.15, -0.1) is 0 Å². The number of hydrogen-bond donors (Lipinski definition) is 1. The van der Waals surface area contributed by atoms with E-state index in [0.29, 0.717) is 17.9 Å². The summed E-state index contributed by atoms with van der Waals surface area (Å²) in [5.41, 5.74) is -0.923. The van der Waals surface area contributed by atoms with Gasteiger partial charge in [-0.1, -0.05) is 25.4 Å². The van der Waals surface area contributed by atoms with Crippen LogP contribution in [-0.4, -0.2) is 23.9 Å². The van der Waals surface area contributed by atoms with Crippen LogP contribution in [0.5, 0.6) is 0 Å². The average Bonchev–Trinajstić information content (AvgIpc) is 2.44. The van der Waals surface area contributed by atoms with Crippen molar-refractivity contribution in [3.63, 3.8) is 0 Å². The number of piperazine rings is 1. The zero-order valence-corrected chi connectivity index (χ0v) is 12.1. The van der Waals surface area contributed by atoms with Crippen molar-refractivity contribution in [2.24, 2.45) is 0 Å². The molecule has 0 atom stereocenters. The van der Waals surface area contributed by atoms with Gasteiger partial charge in [0, 0.05) is 5.02 Å². The molecule has 1 aromatic rings. The molecule has 0 bridgehead atoms. The molecule has 1 heterocycles. The summed E-state index contributed by atoms with van der Waals surface area (Å²) in [4.78, 5) is 25.7. The Balaban J connectivity index is 2.47. The molecule has 20 heavy (non-hydrogen) atoms. The Morgan fingerprint density at radius 3 is 2.60 bits per heavy atom. The lowest BCUT2D eigenvalue weighted by Crippen LogP contribution is -2.66. The minimum atomic E-state index is -0.968. The first-order valence-corrected chi connectivity index (χ1v) is 6.89. The molecule has 0 aliphatic carbocycles. The second kappa shape index (κ2) is 5.40. The van der Waals surface area contributed by atoms with Gasteiger partial charge in [-0.2, -0.15) is 0 Å². The first-order chi connectivity index (χ1) is 9.43. The number of anilines is 1. The Bertz CT molecular complexity index is 558. The third-order valence-electron chi connectivity index (χ3n) is 3.74. The summed E-state index contributed by atoms with van der Waals surface area (Å²) >= 11 is 5.85. The molecule has 108 valence electrons. The molecule has 1 saturated heterocycles. The van der Waals surface area contributed by atoms with Crippen LogP contribution in [0.4, 0.5) is 10.1 Å². The maximum Gasteiger partial charge on any atom is 0.253 e. The molecule has 1 aromatic carbocycles. The number of nitrogens with one attached hydrogen (secondary N) is 1. The molecule has 0 radical (unpaired) electrons. The summed E-state index contributed by atoms with van der Waals surface area (Å²) in [6, 6.07) is 3.96. The number of carbonyl (C=O) groups excluding carboxylic acids is 2. The SMILES string of the molecule is CCC1(CC)NC(=O)CN(c2cc(Cl)ccc2F)C1=O. The Labute approximate surface area is 121 Å². The van der Waals surface area contributed by atoms with Gasteiger partial charge in [0.25, 0.3) is 5.91 Å². The lowest BCUT2D eigenvalue weighted by atomic mass is 9.88. The van der Waals surface area contributed by atoms with Crippen LogP contribution in [0.15, 0.2) is 18.2 Å². The standard InChI is InChI=1S/C14H16ClFN2O2/c1-3-14(4-2)13(20)18(8-12(19)17-14)11-7-9(15)5-6-10(11)16/h5-7H,3-4,8H2,1-2H3,(H,17,19). The first-order valence-electron chi connectivity index (χ1n) is 6.51. The number of benzene rings is 1. The summed E-state index contributed by atoms with van der Waals surface area (Å²) in [6.45, 7) is 3.44. The number of rotatable bonds is 3. The molecule has 0 saturated carbocycles. The molecule has 6 heteroatoms. The third kappa shape index (κ3) is 2.38. The third-order valence-corrected chi connectivity index (χ3v) is 3.98. The lowest BCUT2D eigenvalue weighted by Gasteiger charge is -2.41. The number of nitrogens with zero attached hydrogens (tertiary/aromatic N) is 1. The molecule has 4 nitrogen and oxygen atoms in total. The lowest BCUT2D eigenvalue weighted by molar-refractivity contribution is -0.136. The van der Waals surface area contributed by atoms with E-state index in [1.54, 1.807) is 0 Å². The van der Waals surface area contributed by atoms with Gasteiger partial charge >= 0.3 is 0 Å². The van der Waals surface area contributed by atoms with Gasteiger partial charge < -0.3 is 5.32 Å². The highest BCUT2D eigenvalue weighted by Crippen LogP contribution is 2.30. The predicted octanol–water partition coefficient (Wildman–Crippen LogP) is 2.50. The van der Waals surface area contributed by atoms with Crippen molar-refractivity contribution in [3.8, 4) is 0 Å². The van der Waals surface area contributed by atoms with Crippen molar-refractivity contribution in [1.29, 1.82) is 0 Å². The summed E-state index contributed by atoms with van der Waals surface area (Å²) in [5.74, 6) is -1.17. The normalized spacial score (nSPS) is 18.1. The summed E-state index contributed by atoms with van der Waals surface area (Å²) in [7, 11) is 0. The van der Waals surface area contributed by atoms with Gasteiger partial charge in [-0.3, -0.25) is 14.5 Å². The van der Waals surface area contributed by atoms with E-state index in [9.17, 15) is 14.0 Å². The van der Waals surface area contributed by atoms with Gasteiger partial charge in [-0.05, 0) is 31.0 Å². The Morgan fingerprint density at radius 1 is 1.35 bits per heavy atom. The van der Waals surface area contributed by atoms with Crippen molar-refractivity contribution in [2.45, 2.75) is 32.2 Å². The van der Waals surface area contributed by atoms with Gasteiger partial charge in [0.05, 0.1) is 5.69 Å². The van der Waals surface area contributed by atoms with Crippen molar-refractivity contribution in [3.05, 3.63) is 29.0 Å². The van der Waals surface area contributed by atoms with Crippen molar-refractivity contribution in [2.75, 3.05) is 11.4 Å². The molecular weight excluding hydrogens is 283 g/mol. The minimum absolute atomic E-state index is 0.0450. The van der Waals surface area contributed by atoms with Crippen LogP contribution in [0.2, 0.25) is 5.02 Å². The van der Waals surface area contributed by atoms with Crippen LogP contribution < -0.4 is 10.2 Å². The highest BCUT2D eigenvalue weighted by atomic mass is 35.5. The highest BCUT2D eigenvalue weighted by molar-refractivity contribution is 6.31. The second-order valence-corrected chi connectivity index (χ2v) is 5.26. The van der Waals surface area contributed by atoms with Gasteiger partial charge in [0.2, 0.25) is 5.91 Å². The molecule has 1 aliphatic rings. The summed E-state index contributed by atoms with van der Waals surface area (Å²) < 4.78 is 13.9. The second-order valence-electron chi connectivity index (χ2n) is 4.82. The molecule has 0 aromatic heterocycles. The topological polar surface area (TPSA) is 49.4 Å². The van der Waals surface area contributed by atoms with E-state index in [1.807, 2.05) is 13.8 Å². The van der Waals surface area contributed by atoms with Crippen molar-refractivity contribution < 1.29 is 14.0 Å². The number of halogens is 2. The zero-order chi connectivity index (χ0) is 14.9. The van der Waals surface area contributed by atoms with Crippen LogP contribution >= 0.6 is 11.6 Å². The maximum absolute atomic E-state index is 13.9. The van der Waals surface area contributed by atoms with Crippen LogP contribution in [-0.2, 0) is 9.59 Å². The molecule has 0 unspecified atom stereocenters. The van der Waals surface area contributed by atoms with Crippen LogP contribution in [0, 0.1) is 5.82 Å². The largest absolute Gasteiger partial charge is 0.340 e. The van der Waals surface area contributed by atoms with Crippen molar-refractivity contribution in [1.82, 2.24) is 5.32 Å². The Hall–Kier alpha value is -1.62. The summed E-state index contributed by atoms with van der Waals surface area (Å²) in [5, 5.41) is 3.05. The fourth-order valence-electron chi connectivity index (χ4n) is 2.45. The molecule has 2 amide bonds. The maximum atomic E-state index is 13.9. The van der Waals surface area contributed by atoms with Crippen LogP contribution in [0.25, 0.3) is 0 Å². The van der Waals surface area contributed by atoms with E-state index in [4.69, 9.17) is 11.6 Å². The van der Waals surface area contributed by atoms with E-state index in [2.05, 4.69) is 5.32 Å². The van der Waals surface area contributed by atoms with E-state index in [1.165, 1.54) is 23.1 Å². The molecule has 1 N–H and O–H groups in total. The Morgan fingerprint density at radius 2 is 2.00 bits per heavy atom. The predicted molar refractivity (Wildman–Crippen MR) is 75.2 cm³/mol. The minimum Gasteiger partial charge on any atom is -0.340 e. The van der Waals surface area contributed by atoms with E-state index < -0.39 is 11.4 Å². The molecular formula is C14H16ClFN2O2. The number of amides is 2. The van der Waals surface area contributed by atoms with Crippen molar-refractivity contribution >= 4 is 29.1 Å². The van der Waals surface area contributed by atoms with E-state index >= 15 is 0 Å². The quantitative estimate of drug-likeness (QED) is 0.932. The molecule has 0 spiro atoms. The Kier molecular flexibility index (Phi) is 3.99. The van der Waals surface area contributed by atoms with Crippen LogP contribution in [0.1, 0.15) is 26.7 Å². The van der Waals surface area contributed by atoms with Crippen LogP contribution in [0.3, 0.4) is 0 Å². The molecule has 2 rings (SSSR count).